The quantitative estimate of drug-likeness (QED) is 0.542. The molecule has 0 aromatic heterocycles. The van der Waals surface area contributed by atoms with Crippen molar-refractivity contribution >= 4 is 29.0 Å². The van der Waals surface area contributed by atoms with Gasteiger partial charge in [0.2, 0.25) is 0 Å². The second-order valence-corrected chi connectivity index (χ2v) is 7.31. The molecular weight excluding hydrogens is 378 g/mol. The van der Waals surface area contributed by atoms with Crippen molar-refractivity contribution in [1.29, 1.82) is 0 Å². The molecule has 1 aliphatic heterocycles. The molecular formula is C24H23N3O3. The van der Waals surface area contributed by atoms with E-state index < -0.39 is 0 Å². The van der Waals surface area contributed by atoms with Gasteiger partial charge in [-0.05, 0) is 49.4 Å². The number of amides is 3. The van der Waals surface area contributed by atoms with Gasteiger partial charge in [0, 0.05) is 28.5 Å². The van der Waals surface area contributed by atoms with Gasteiger partial charge >= 0.3 is 6.03 Å². The molecule has 1 heterocycles. The molecule has 1 aliphatic rings. The summed E-state index contributed by atoms with van der Waals surface area (Å²) >= 11 is 0. The average molecular weight is 401 g/mol. The average Bonchev–Trinajstić information content (AvgIpc) is 3.04. The molecule has 0 bridgehead atoms. The summed E-state index contributed by atoms with van der Waals surface area (Å²) in [4.78, 5) is 24.9. The van der Waals surface area contributed by atoms with Gasteiger partial charge < -0.3 is 20.7 Å². The molecule has 0 spiro atoms. The fourth-order valence-electron chi connectivity index (χ4n) is 3.41. The Morgan fingerprint density at radius 3 is 2.00 bits per heavy atom. The molecule has 2 atom stereocenters. The molecule has 30 heavy (non-hydrogen) atoms. The molecule has 3 amide bonds. The van der Waals surface area contributed by atoms with E-state index in [4.69, 9.17) is 4.74 Å². The third kappa shape index (κ3) is 4.12. The van der Waals surface area contributed by atoms with Gasteiger partial charge in [-0.1, -0.05) is 37.3 Å². The number of ether oxygens (including phenoxy) is 1. The Morgan fingerprint density at radius 2 is 1.33 bits per heavy atom. The first kappa shape index (κ1) is 19.5. The second-order valence-electron chi connectivity index (χ2n) is 7.31. The number of carbonyl (C=O) groups is 2. The summed E-state index contributed by atoms with van der Waals surface area (Å²) in [6, 6.07) is 21.5. The standard InChI is InChI=1S/C24H23N3O3/c1-15-16(2)30-22-20(15)9-6-10-21(22)23(28)25-18-11-13-19(14-12-18)27-24(29)26-17-7-4-3-5-8-17/h3-16H,1-2H3,(H,25,28)(H2,26,27,29). The third-order valence-electron chi connectivity index (χ3n) is 5.22. The Kier molecular flexibility index (Phi) is 5.39. The van der Waals surface area contributed by atoms with Gasteiger partial charge in [-0.2, -0.15) is 0 Å². The normalized spacial score (nSPS) is 16.9. The predicted octanol–water partition coefficient (Wildman–Crippen LogP) is 5.47. The van der Waals surface area contributed by atoms with E-state index in [1.54, 1.807) is 30.3 Å². The lowest BCUT2D eigenvalue weighted by atomic mass is 9.97. The summed E-state index contributed by atoms with van der Waals surface area (Å²) in [5.74, 6) is 0.682. The Bertz CT molecular complexity index is 1060. The highest BCUT2D eigenvalue weighted by atomic mass is 16.5. The molecule has 6 heteroatoms. The molecule has 0 saturated heterocycles. The van der Waals surface area contributed by atoms with Crippen LogP contribution in [0.5, 0.6) is 5.75 Å². The van der Waals surface area contributed by atoms with Gasteiger partial charge in [-0.25, -0.2) is 4.79 Å². The monoisotopic (exact) mass is 401 g/mol. The number of rotatable bonds is 4. The predicted molar refractivity (Wildman–Crippen MR) is 118 cm³/mol. The fraction of sp³-hybridized carbons (Fsp3) is 0.167. The summed E-state index contributed by atoms with van der Waals surface area (Å²) < 4.78 is 5.91. The molecule has 3 aromatic rings. The van der Waals surface area contributed by atoms with E-state index in [1.807, 2.05) is 49.4 Å². The molecule has 3 aromatic carbocycles. The molecule has 0 aliphatic carbocycles. The highest BCUT2D eigenvalue weighted by Gasteiger charge is 2.31. The molecule has 4 rings (SSSR count). The van der Waals surface area contributed by atoms with Gasteiger partial charge in [-0.3, -0.25) is 4.79 Å². The van der Waals surface area contributed by atoms with Crippen molar-refractivity contribution in [2.45, 2.75) is 25.9 Å². The first-order valence-corrected chi connectivity index (χ1v) is 9.85. The van der Waals surface area contributed by atoms with Crippen LogP contribution in [0.15, 0.2) is 72.8 Å². The molecule has 152 valence electrons. The zero-order valence-electron chi connectivity index (χ0n) is 16.8. The summed E-state index contributed by atoms with van der Waals surface area (Å²) in [7, 11) is 0. The number of anilines is 3. The molecule has 2 unspecified atom stereocenters. The number of urea groups is 1. The highest BCUT2D eigenvalue weighted by Crippen LogP contribution is 2.40. The van der Waals surface area contributed by atoms with Crippen LogP contribution in [0.25, 0.3) is 0 Å². The maximum Gasteiger partial charge on any atom is 0.323 e. The third-order valence-corrected chi connectivity index (χ3v) is 5.22. The minimum absolute atomic E-state index is 0.0429. The van der Waals surface area contributed by atoms with Crippen molar-refractivity contribution in [3.63, 3.8) is 0 Å². The zero-order valence-corrected chi connectivity index (χ0v) is 16.8. The van der Waals surface area contributed by atoms with Crippen LogP contribution in [0.1, 0.15) is 35.7 Å². The number of hydrogen-bond donors (Lipinski definition) is 3. The molecule has 0 radical (unpaired) electrons. The Morgan fingerprint density at radius 1 is 0.733 bits per heavy atom. The number of para-hydroxylation sites is 2. The van der Waals surface area contributed by atoms with Gasteiger partial charge in [0.05, 0.1) is 5.56 Å². The van der Waals surface area contributed by atoms with E-state index in [0.29, 0.717) is 28.4 Å². The lowest BCUT2D eigenvalue weighted by molar-refractivity contribution is 0.102. The highest BCUT2D eigenvalue weighted by molar-refractivity contribution is 6.07. The van der Waals surface area contributed by atoms with E-state index in [-0.39, 0.29) is 24.0 Å². The van der Waals surface area contributed by atoms with Crippen LogP contribution in [-0.2, 0) is 0 Å². The van der Waals surface area contributed by atoms with Crippen molar-refractivity contribution in [3.05, 3.63) is 83.9 Å². The Balaban J connectivity index is 1.40. The lowest BCUT2D eigenvalue weighted by Crippen LogP contribution is -2.19. The van der Waals surface area contributed by atoms with E-state index in [1.165, 1.54) is 0 Å². The van der Waals surface area contributed by atoms with Crippen molar-refractivity contribution in [1.82, 2.24) is 0 Å². The van der Waals surface area contributed by atoms with E-state index in [2.05, 4.69) is 22.9 Å². The van der Waals surface area contributed by atoms with Gasteiger partial charge in [0.15, 0.2) is 0 Å². The van der Waals surface area contributed by atoms with Crippen LogP contribution in [0.3, 0.4) is 0 Å². The first-order chi connectivity index (χ1) is 14.5. The molecule has 0 saturated carbocycles. The van der Waals surface area contributed by atoms with Crippen LogP contribution in [0, 0.1) is 0 Å². The van der Waals surface area contributed by atoms with Crippen LogP contribution >= 0.6 is 0 Å². The van der Waals surface area contributed by atoms with Crippen molar-refractivity contribution in [2.75, 3.05) is 16.0 Å². The molecule has 3 N–H and O–H groups in total. The summed E-state index contributed by atoms with van der Waals surface area (Å²) in [6.45, 7) is 4.10. The minimum Gasteiger partial charge on any atom is -0.489 e. The topological polar surface area (TPSA) is 79.5 Å². The minimum atomic E-state index is -0.335. The van der Waals surface area contributed by atoms with E-state index in [9.17, 15) is 9.59 Å². The van der Waals surface area contributed by atoms with Crippen molar-refractivity contribution < 1.29 is 14.3 Å². The molecule has 0 fully saturated rings. The van der Waals surface area contributed by atoms with Crippen LogP contribution in [0.2, 0.25) is 0 Å². The number of nitrogens with one attached hydrogen (secondary N) is 3. The number of fused-ring (bicyclic) bond motifs is 1. The summed E-state index contributed by atoms with van der Waals surface area (Å²) in [6.07, 6.45) is 0.0429. The van der Waals surface area contributed by atoms with Crippen molar-refractivity contribution in [2.24, 2.45) is 0 Å². The van der Waals surface area contributed by atoms with Crippen molar-refractivity contribution in [3.8, 4) is 5.75 Å². The second kappa shape index (κ2) is 8.29. The van der Waals surface area contributed by atoms with E-state index >= 15 is 0 Å². The van der Waals surface area contributed by atoms with Crippen LogP contribution in [-0.4, -0.2) is 18.0 Å². The zero-order chi connectivity index (χ0) is 21.1. The maximum atomic E-state index is 12.8. The van der Waals surface area contributed by atoms with Crippen LogP contribution < -0.4 is 20.7 Å². The van der Waals surface area contributed by atoms with Crippen LogP contribution in [0.4, 0.5) is 21.9 Å². The Labute approximate surface area is 175 Å². The SMILES string of the molecule is CC1Oc2c(C(=O)Nc3ccc(NC(=O)Nc4ccccc4)cc3)cccc2C1C. The summed E-state index contributed by atoms with van der Waals surface area (Å²) in [5.41, 5.74) is 3.53. The first-order valence-electron chi connectivity index (χ1n) is 9.85. The van der Waals surface area contributed by atoms with Gasteiger partial charge in [0.25, 0.3) is 5.91 Å². The molecule has 6 nitrogen and oxygen atoms in total. The Hall–Kier alpha value is -3.80. The van der Waals surface area contributed by atoms with E-state index in [0.717, 1.165) is 5.56 Å². The smallest absolute Gasteiger partial charge is 0.323 e. The number of benzene rings is 3. The number of carbonyl (C=O) groups excluding carboxylic acids is 2. The van der Waals surface area contributed by atoms with Gasteiger partial charge in [-0.15, -0.1) is 0 Å². The lowest BCUT2D eigenvalue weighted by Gasteiger charge is -2.11. The summed E-state index contributed by atoms with van der Waals surface area (Å²) in [5, 5.41) is 8.41. The van der Waals surface area contributed by atoms with Gasteiger partial charge in [0.1, 0.15) is 11.9 Å². The largest absolute Gasteiger partial charge is 0.489 e. The maximum absolute atomic E-state index is 12.8. The number of hydrogen-bond acceptors (Lipinski definition) is 3. The fourth-order valence-corrected chi connectivity index (χ4v) is 3.41.